The van der Waals surface area contributed by atoms with Crippen molar-refractivity contribution in [3.63, 3.8) is 0 Å². The number of nitrogens with one attached hydrogen (secondary N) is 9. The summed E-state index contributed by atoms with van der Waals surface area (Å²) in [4.78, 5) is 118. The molecule has 0 saturated carbocycles. The van der Waals surface area contributed by atoms with E-state index in [1.54, 1.807) is 62.8 Å². The van der Waals surface area contributed by atoms with Crippen molar-refractivity contribution in [2.45, 2.75) is 108 Å². The molecule has 22 heteroatoms. The number of carbonyl (C=O) groups is 8. The zero-order valence-electron chi connectivity index (χ0n) is 40.6. The number of aliphatic hydroxyl groups is 1. The molecule has 0 aliphatic carbocycles. The topological polar surface area (TPSA) is 349 Å². The van der Waals surface area contributed by atoms with Gasteiger partial charge in [-0.15, -0.1) is 0 Å². The number of aliphatic hydroxyl groups excluding tert-OH is 1. The molecule has 0 aliphatic heterocycles. The van der Waals surface area contributed by atoms with Gasteiger partial charge in [0.2, 0.25) is 41.4 Å². The predicted octanol–water partition coefficient (Wildman–Crippen LogP) is 1.10. The molecule has 388 valence electrons. The Bertz CT molecular complexity index is 2950. The lowest BCUT2D eigenvalue weighted by atomic mass is 10.00. The summed E-state index contributed by atoms with van der Waals surface area (Å²) < 4.78 is 0. The molecule has 73 heavy (non-hydrogen) atoms. The summed E-state index contributed by atoms with van der Waals surface area (Å²) in [6.45, 7) is 4.84. The number of amides is 7. The van der Waals surface area contributed by atoms with Crippen molar-refractivity contribution >= 4 is 92.7 Å². The third-order valence-electron chi connectivity index (χ3n) is 12.4. The van der Waals surface area contributed by atoms with Crippen LogP contribution in [-0.2, 0) is 57.6 Å². The number of carboxylic acid groups (broad SMARTS) is 1. The molecule has 0 saturated heterocycles. The van der Waals surface area contributed by atoms with Crippen LogP contribution in [0.4, 0.5) is 0 Å². The smallest absolute Gasteiger partial charge is 0.327 e. The summed E-state index contributed by atoms with van der Waals surface area (Å²) in [6, 6.07) is 12.0. The number of hydrogen-bond acceptors (Lipinski definition) is 11. The van der Waals surface area contributed by atoms with Gasteiger partial charge in [-0.05, 0) is 67.0 Å². The average Bonchev–Trinajstić information content (AvgIpc) is 4.09. The minimum Gasteiger partial charge on any atom is -0.480 e. The largest absolute Gasteiger partial charge is 0.480 e. The summed E-state index contributed by atoms with van der Waals surface area (Å²) in [7, 11) is 0. The third-order valence-corrected chi connectivity index (χ3v) is 12.8. The summed E-state index contributed by atoms with van der Waals surface area (Å²) in [5, 5.41) is 38.6. The summed E-state index contributed by atoms with van der Waals surface area (Å²) >= 11 is 4.03. The van der Waals surface area contributed by atoms with Gasteiger partial charge in [0.1, 0.15) is 36.3 Å². The monoisotopic (exact) mass is 1020 g/mol. The number of aliphatic carboxylic acids is 1. The number of nitrogens with two attached hydrogens (primary N) is 2. The fourth-order valence-electron chi connectivity index (χ4n) is 8.55. The highest BCUT2D eigenvalue weighted by molar-refractivity contribution is 7.80. The van der Waals surface area contributed by atoms with E-state index in [4.69, 9.17) is 11.5 Å². The second kappa shape index (κ2) is 25.1. The van der Waals surface area contributed by atoms with Gasteiger partial charge < -0.3 is 68.5 Å². The van der Waals surface area contributed by atoms with Crippen molar-refractivity contribution in [1.82, 2.24) is 46.9 Å². The molecule has 6 rings (SSSR count). The maximum absolute atomic E-state index is 14.6. The second-order valence-corrected chi connectivity index (χ2v) is 18.9. The minimum atomic E-state index is -1.75. The molecule has 0 fully saturated rings. The molecule has 3 aromatic carbocycles. The molecule has 8 atom stereocenters. The number of H-pyrrole nitrogens is 3. The van der Waals surface area contributed by atoms with E-state index in [2.05, 4.69) is 59.5 Å². The molecule has 7 amide bonds. The number of rotatable bonds is 26. The maximum Gasteiger partial charge on any atom is 0.327 e. The van der Waals surface area contributed by atoms with Gasteiger partial charge in [0.05, 0.1) is 12.1 Å². The number of carbonyl (C=O) groups excluding carboxylic acids is 7. The van der Waals surface area contributed by atoms with Gasteiger partial charge in [0.25, 0.3) is 0 Å². The van der Waals surface area contributed by atoms with Gasteiger partial charge in [-0.3, -0.25) is 33.6 Å². The lowest BCUT2D eigenvalue weighted by Gasteiger charge is -2.29. The van der Waals surface area contributed by atoms with E-state index in [0.717, 1.165) is 32.9 Å². The quantitative estimate of drug-likeness (QED) is 0.0341. The van der Waals surface area contributed by atoms with Crippen LogP contribution in [0.15, 0.2) is 91.4 Å². The van der Waals surface area contributed by atoms with Crippen molar-refractivity contribution in [3.05, 3.63) is 108 Å². The molecular formula is C51H63N11O10S. The van der Waals surface area contributed by atoms with Crippen LogP contribution in [0.2, 0.25) is 0 Å². The minimum absolute atomic E-state index is 0.0883. The van der Waals surface area contributed by atoms with E-state index in [-0.39, 0.29) is 50.2 Å². The van der Waals surface area contributed by atoms with Gasteiger partial charge in [-0.2, -0.15) is 12.6 Å². The molecule has 21 nitrogen and oxygen atoms in total. The van der Waals surface area contributed by atoms with Crippen LogP contribution in [0.1, 0.15) is 56.7 Å². The molecule has 0 unspecified atom stereocenters. The van der Waals surface area contributed by atoms with Crippen molar-refractivity contribution in [1.29, 1.82) is 0 Å². The van der Waals surface area contributed by atoms with Crippen LogP contribution in [0.5, 0.6) is 0 Å². The highest BCUT2D eigenvalue weighted by Crippen LogP contribution is 2.22. The summed E-state index contributed by atoms with van der Waals surface area (Å²) in [5.74, 6) is -7.65. The zero-order chi connectivity index (χ0) is 52.9. The molecule has 3 heterocycles. The van der Waals surface area contributed by atoms with Gasteiger partial charge >= 0.3 is 5.97 Å². The Kier molecular flexibility index (Phi) is 18.8. The normalized spacial score (nSPS) is 14.8. The molecule has 0 aliphatic rings. The highest BCUT2D eigenvalue weighted by atomic mass is 32.1. The molecule has 0 radical (unpaired) electrons. The van der Waals surface area contributed by atoms with E-state index >= 15 is 0 Å². The zero-order valence-corrected chi connectivity index (χ0v) is 41.5. The maximum atomic E-state index is 14.6. The fraction of sp³-hybridized carbons (Fsp3) is 0.373. The number of hydrogen-bond donors (Lipinski definition) is 14. The van der Waals surface area contributed by atoms with Crippen molar-refractivity contribution in [2.75, 3.05) is 5.75 Å². The van der Waals surface area contributed by atoms with Gasteiger partial charge in [0, 0.05) is 76.3 Å². The average molecular weight is 1020 g/mol. The van der Waals surface area contributed by atoms with Crippen LogP contribution in [0, 0.1) is 5.92 Å². The summed E-state index contributed by atoms with van der Waals surface area (Å²) in [6.07, 6.45) is 2.72. The fourth-order valence-corrected chi connectivity index (χ4v) is 8.80. The van der Waals surface area contributed by atoms with E-state index in [0.29, 0.717) is 16.5 Å². The number of benzene rings is 3. The van der Waals surface area contributed by atoms with Crippen LogP contribution < -0.4 is 43.4 Å². The number of aromatic nitrogens is 3. The predicted molar refractivity (Wildman–Crippen MR) is 277 cm³/mol. The van der Waals surface area contributed by atoms with E-state index in [1.807, 2.05) is 42.5 Å². The number of para-hydroxylation sites is 3. The van der Waals surface area contributed by atoms with Crippen LogP contribution >= 0.6 is 12.6 Å². The SMILES string of the molecule is CC(C)C[C@H](NC(=O)[C@H](Cc1c[nH]c2ccccc12)NC(=O)[C@@H](NC(=O)[C@H](Cc1c[nH]c2ccccc12)NC(=O)[C@H](CCC(N)=O)NC(=O)[C@@H](N)Cc1c[nH]c2ccccc12)[C@@H](C)O)C(=O)N[C@@H](CS)C(=O)O. The van der Waals surface area contributed by atoms with Crippen LogP contribution in [0.25, 0.3) is 32.7 Å². The first kappa shape index (κ1) is 54.6. The Labute approximate surface area is 425 Å². The third kappa shape index (κ3) is 14.5. The lowest BCUT2D eigenvalue weighted by molar-refractivity contribution is -0.141. The molecule has 3 aromatic heterocycles. The van der Waals surface area contributed by atoms with Gasteiger partial charge in [-0.1, -0.05) is 68.4 Å². The molecule has 15 N–H and O–H groups in total. The molecule has 6 aromatic rings. The molecular weight excluding hydrogens is 959 g/mol. The summed E-state index contributed by atoms with van der Waals surface area (Å²) in [5.41, 5.74) is 16.1. The Balaban J connectivity index is 1.26. The van der Waals surface area contributed by atoms with Gasteiger partial charge in [-0.25, -0.2) is 4.79 Å². The number of thiol groups is 1. The first-order chi connectivity index (χ1) is 34.8. The van der Waals surface area contributed by atoms with Crippen LogP contribution in [0.3, 0.4) is 0 Å². The number of fused-ring (bicyclic) bond motifs is 3. The number of primary amides is 1. The second-order valence-electron chi connectivity index (χ2n) is 18.5. The standard InChI is InChI=1S/C51H63N11O10S/c1-26(2)18-39(47(67)61-42(25-73)51(71)72)58-48(68)40(20-29-23-55-36-14-8-5-11-32(29)36)60-50(70)44(27(3)63)62-49(69)41(21-30-24-56-37-15-9-6-12-33(30)37)59-46(66)38(16-17-43(53)64)57-45(65)34(52)19-28-22-54-35-13-7-4-10-31(28)35/h4-15,22-24,26-27,34,38-42,44,54-56,63,73H,16-21,25,52H2,1-3H3,(H2,53,64)(H,57,65)(H,58,68)(H,59,66)(H,60,70)(H,61,67)(H,62,69)(H,71,72)/t27-,34+,38+,39+,40+,41+,42+,44+/m1/s1. The first-order valence-corrected chi connectivity index (χ1v) is 24.5. The Morgan fingerprint density at radius 3 is 1.40 bits per heavy atom. The van der Waals surface area contributed by atoms with Crippen molar-refractivity contribution < 1.29 is 48.6 Å². The number of aromatic amines is 3. The van der Waals surface area contributed by atoms with Gasteiger partial charge in [0.15, 0.2) is 0 Å². The Hall–Kier alpha value is -7.69. The van der Waals surface area contributed by atoms with E-state index in [9.17, 15) is 48.6 Å². The molecule has 0 spiro atoms. The van der Waals surface area contributed by atoms with Crippen LogP contribution in [-0.4, -0.2) is 127 Å². The lowest BCUT2D eigenvalue weighted by Crippen LogP contribution is -2.62. The first-order valence-electron chi connectivity index (χ1n) is 23.9. The number of carboxylic acids is 1. The molecule has 0 bridgehead atoms. The van der Waals surface area contributed by atoms with E-state index < -0.39 is 95.7 Å². The van der Waals surface area contributed by atoms with Crippen molar-refractivity contribution in [2.24, 2.45) is 17.4 Å². The Morgan fingerprint density at radius 1 is 0.548 bits per heavy atom. The van der Waals surface area contributed by atoms with E-state index in [1.165, 1.54) is 6.92 Å². The Morgan fingerprint density at radius 2 is 0.945 bits per heavy atom. The van der Waals surface area contributed by atoms with Crippen molar-refractivity contribution in [3.8, 4) is 0 Å². The highest BCUT2D eigenvalue weighted by Gasteiger charge is 2.36.